The number of allylic oxidation sites excluding steroid dienone is 2. The maximum absolute atomic E-state index is 11.8. The summed E-state index contributed by atoms with van der Waals surface area (Å²) in [5.41, 5.74) is 0.655. The number of aliphatic hydroxyl groups is 1. The Bertz CT molecular complexity index is 594. The van der Waals surface area contributed by atoms with E-state index in [2.05, 4.69) is 6.92 Å². The predicted molar refractivity (Wildman–Crippen MR) is 84.5 cm³/mol. The first-order valence-corrected chi connectivity index (χ1v) is 8.97. The van der Waals surface area contributed by atoms with Crippen LogP contribution in [0.1, 0.15) is 58.8 Å². The van der Waals surface area contributed by atoms with E-state index < -0.39 is 11.7 Å². The summed E-state index contributed by atoms with van der Waals surface area (Å²) in [5.74, 6) is 1.01. The van der Waals surface area contributed by atoms with E-state index in [1.54, 1.807) is 0 Å². The molecule has 0 aromatic heterocycles. The van der Waals surface area contributed by atoms with Gasteiger partial charge >= 0.3 is 5.97 Å². The molecule has 0 aromatic rings. The smallest absolute Gasteiger partial charge is 0.306 e. The van der Waals surface area contributed by atoms with Gasteiger partial charge in [0.05, 0.1) is 6.10 Å². The monoisotopic (exact) mass is 318 g/mol. The van der Waals surface area contributed by atoms with Crippen LogP contribution in [0.5, 0.6) is 0 Å². The lowest BCUT2D eigenvalue weighted by Gasteiger charge is -2.60. The van der Waals surface area contributed by atoms with Crippen LogP contribution < -0.4 is 0 Å². The summed E-state index contributed by atoms with van der Waals surface area (Å²) >= 11 is 0. The van der Waals surface area contributed by atoms with Crippen LogP contribution in [0.25, 0.3) is 0 Å². The van der Waals surface area contributed by atoms with Gasteiger partial charge < -0.3 is 9.84 Å². The molecule has 23 heavy (non-hydrogen) atoms. The Hall–Kier alpha value is -1.16. The number of aliphatic hydroxyl groups excluding tert-OH is 1. The molecule has 0 amide bonds. The number of hydrogen-bond donors (Lipinski definition) is 1. The van der Waals surface area contributed by atoms with Crippen molar-refractivity contribution in [3.05, 3.63) is 11.6 Å². The lowest BCUT2D eigenvalue weighted by atomic mass is 9.47. The van der Waals surface area contributed by atoms with Gasteiger partial charge in [0.15, 0.2) is 5.78 Å². The zero-order valence-electron chi connectivity index (χ0n) is 14.0. The van der Waals surface area contributed by atoms with E-state index in [0.717, 1.165) is 25.7 Å². The van der Waals surface area contributed by atoms with Gasteiger partial charge in [-0.15, -0.1) is 0 Å². The van der Waals surface area contributed by atoms with Gasteiger partial charge in [0.25, 0.3) is 0 Å². The molecule has 2 saturated carbocycles. The number of rotatable bonds is 0. The predicted octanol–water partition coefficient (Wildman–Crippen LogP) is 2.78. The third kappa shape index (κ3) is 2.14. The normalized spacial score (nSPS) is 49.4. The molecule has 3 aliphatic carbocycles. The zero-order chi connectivity index (χ0) is 16.4. The first-order chi connectivity index (χ1) is 10.8. The summed E-state index contributed by atoms with van der Waals surface area (Å²) in [6, 6.07) is 0. The Morgan fingerprint density at radius 3 is 2.74 bits per heavy atom. The van der Waals surface area contributed by atoms with E-state index in [1.165, 1.54) is 5.57 Å². The Labute approximate surface area is 137 Å². The van der Waals surface area contributed by atoms with E-state index in [1.807, 2.05) is 13.0 Å². The summed E-state index contributed by atoms with van der Waals surface area (Å²) in [6.45, 7) is 4.25. The van der Waals surface area contributed by atoms with E-state index in [4.69, 9.17) is 4.74 Å². The zero-order valence-corrected chi connectivity index (χ0v) is 14.0. The van der Waals surface area contributed by atoms with Crippen LogP contribution in [-0.2, 0) is 14.3 Å². The second-order valence-corrected chi connectivity index (χ2v) is 8.49. The van der Waals surface area contributed by atoms with Gasteiger partial charge in [0, 0.05) is 25.2 Å². The second-order valence-electron chi connectivity index (χ2n) is 8.49. The molecule has 0 bridgehead atoms. The van der Waals surface area contributed by atoms with Crippen molar-refractivity contribution in [3.8, 4) is 0 Å². The second kappa shape index (κ2) is 4.92. The minimum absolute atomic E-state index is 0.0704. The molecule has 0 radical (unpaired) electrons. The average Bonchev–Trinajstić information content (AvgIpc) is 2.46. The molecule has 4 rings (SSSR count). The van der Waals surface area contributed by atoms with Crippen molar-refractivity contribution in [2.45, 2.75) is 70.5 Å². The van der Waals surface area contributed by atoms with Crippen molar-refractivity contribution in [2.75, 3.05) is 0 Å². The van der Waals surface area contributed by atoms with Crippen molar-refractivity contribution in [3.63, 3.8) is 0 Å². The quantitative estimate of drug-likeness (QED) is 0.698. The van der Waals surface area contributed by atoms with E-state index >= 15 is 0 Å². The molecule has 4 aliphatic rings. The lowest BCUT2D eigenvalue weighted by Crippen LogP contribution is -2.61. The Balaban J connectivity index is 1.72. The molecule has 1 saturated heterocycles. The lowest BCUT2D eigenvalue weighted by molar-refractivity contribution is -0.212. The molecular weight excluding hydrogens is 292 g/mol. The summed E-state index contributed by atoms with van der Waals surface area (Å²) < 4.78 is 5.72. The molecule has 6 atom stereocenters. The van der Waals surface area contributed by atoms with Gasteiger partial charge in [-0.25, -0.2) is 0 Å². The van der Waals surface area contributed by atoms with Gasteiger partial charge in [0.1, 0.15) is 5.60 Å². The van der Waals surface area contributed by atoms with Crippen molar-refractivity contribution < 1.29 is 19.4 Å². The first-order valence-electron chi connectivity index (χ1n) is 8.97. The van der Waals surface area contributed by atoms with Crippen LogP contribution in [0.4, 0.5) is 0 Å². The van der Waals surface area contributed by atoms with Crippen LogP contribution in [-0.4, -0.2) is 28.6 Å². The Morgan fingerprint density at radius 2 is 1.96 bits per heavy atom. The van der Waals surface area contributed by atoms with Crippen LogP contribution >= 0.6 is 0 Å². The van der Waals surface area contributed by atoms with Crippen molar-refractivity contribution in [2.24, 2.45) is 23.2 Å². The third-order valence-electron chi connectivity index (χ3n) is 7.24. The Kier molecular flexibility index (Phi) is 3.29. The van der Waals surface area contributed by atoms with Crippen LogP contribution in [0.15, 0.2) is 11.6 Å². The number of carbonyl (C=O) groups excluding carboxylic acids is 2. The van der Waals surface area contributed by atoms with Gasteiger partial charge in [0.2, 0.25) is 0 Å². The molecule has 126 valence electrons. The SMILES string of the molecule is CC12C[C@@H](O)C3C(CCC4=CC(=O)CCC43C)C1CCC(=O)O2. The maximum atomic E-state index is 11.8. The largest absolute Gasteiger partial charge is 0.459 e. The number of esters is 1. The highest BCUT2D eigenvalue weighted by Gasteiger charge is 2.60. The highest BCUT2D eigenvalue weighted by molar-refractivity contribution is 5.91. The molecule has 1 N–H and O–H groups in total. The number of fused-ring (bicyclic) bond motifs is 5. The molecule has 3 fully saturated rings. The summed E-state index contributed by atoms with van der Waals surface area (Å²) in [5, 5.41) is 11.0. The van der Waals surface area contributed by atoms with Crippen LogP contribution in [0.2, 0.25) is 0 Å². The molecule has 5 unspecified atom stereocenters. The average molecular weight is 318 g/mol. The van der Waals surface area contributed by atoms with E-state index in [-0.39, 0.29) is 23.1 Å². The number of ether oxygens (including phenoxy) is 1. The summed E-state index contributed by atoms with van der Waals surface area (Å²) in [7, 11) is 0. The van der Waals surface area contributed by atoms with Gasteiger partial charge in [-0.3, -0.25) is 9.59 Å². The molecule has 4 nitrogen and oxygen atoms in total. The highest BCUT2D eigenvalue weighted by atomic mass is 16.6. The van der Waals surface area contributed by atoms with Crippen LogP contribution in [0, 0.1) is 23.2 Å². The van der Waals surface area contributed by atoms with Crippen molar-refractivity contribution >= 4 is 11.8 Å². The minimum atomic E-state index is -0.516. The molecule has 0 aromatic carbocycles. The number of carbonyl (C=O) groups is 2. The fourth-order valence-electron chi connectivity index (χ4n) is 6.22. The molecule has 0 spiro atoms. The summed E-state index contributed by atoms with van der Waals surface area (Å²) in [4.78, 5) is 23.6. The van der Waals surface area contributed by atoms with E-state index in [0.29, 0.717) is 31.1 Å². The Morgan fingerprint density at radius 1 is 1.17 bits per heavy atom. The molecular formula is C19H26O4. The molecule has 4 heteroatoms. The number of ketones is 1. The van der Waals surface area contributed by atoms with Crippen molar-refractivity contribution in [1.82, 2.24) is 0 Å². The van der Waals surface area contributed by atoms with Crippen LogP contribution in [0.3, 0.4) is 0 Å². The maximum Gasteiger partial charge on any atom is 0.306 e. The van der Waals surface area contributed by atoms with Crippen molar-refractivity contribution in [1.29, 1.82) is 0 Å². The highest BCUT2D eigenvalue weighted by Crippen LogP contribution is 2.61. The first kappa shape index (κ1) is 15.4. The standard InChI is InChI=1S/C19H26O4/c1-18-8-7-12(20)9-11(18)3-4-13-14-5-6-16(22)23-19(14,2)10-15(21)17(13)18/h9,13-15,17,21H,3-8,10H2,1-2H3/t13?,14?,15-,17?,18?,19?/m1/s1. The number of hydrogen-bond acceptors (Lipinski definition) is 4. The fourth-order valence-corrected chi connectivity index (χ4v) is 6.22. The topological polar surface area (TPSA) is 63.6 Å². The molecule has 1 heterocycles. The van der Waals surface area contributed by atoms with Gasteiger partial charge in [-0.1, -0.05) is 12.5 Å². The molecule has 1 aliphatic heterocycles. The summed E-state index contributed by atoms with van der Waals surface area (Å²) in [6.07, 6.45) is 6.66. The van der Waals surface area contributed by atoms with Gasteiger partial charge in [-0.2, -0.15) is 0 Å². The fraction of sp³-hybridized carbons (Fsp3) is 0.789. The minimum Gasteiger partial charge on any atom is -0.459 e. The van der Waals surface area contributed by atoms with Gasteiger partial charge in [-0.05, 0) is 55.9 Å². The third-order valence-corrected chi connectivity index (χ3v) is 7.24. The van der Waals surface area contributed by atoms with E-state index in [9.17, 15) is 14.7 Å².